The van der Waals surface area contributed by atoms with Gasteiger partial charge in [-0.25, -0.2) is 13.2 Å². The van der Waals surface area contributed by atoms with Crippen LogP contribution in [0.15, 0.2) is 36.4 Å². The van der Waals surface area contributed by atoms with Crippen LogP contribution in [0, 0.1) is 17.5 Å². The lowest BCUT2D eigenvalue weighted by Crippen LogP contribution is -2.01. The maximum absolute atomic E-state index is 13.6. The van der Waals surface area contributed by atoms with E-state index in [0.717, 1.165) is 18.2 Å². The zero-order valence-electron chi connectivity index (χ0n) is 10.7. The predicted octanol–water partition coefficient (Wildman–Crippen LogP) is 3.74. The van der Waals surface area contributed by atoms with Gasteiger partial charge in [0.2, 0.25) is 0 Å². The monoisotopic (exact) mass is 282 g/mol. The van der Waals surface area contributed by atoms with Crippen molar-refractivity contribution in [2.24, 2.45) is 0 Å². The molecule has 0 bridgehead atoms. The average Bonchev–Trinajstić information content (AvgIpc) is 2.37. The fraction of sp³-hybridized carbons (Fsp3) is 0.200. The van der Waals surface area contributed by atoms with Crippen molar-refractivity contribution in [3.8, 4) is 5.75 Å². The van der Waals surface area contributed by atoms with Crippen molar-refractivity contribution in [3.63, 3.8) is 0 Å². The van der Waals surface area contributed by atoms with E-state index in [4.69, 9.17) is 4.74 Å². The van der Waals surface area contributed by atoms with Gasteiger partial charge in [0.05, 0.1) is 6.10 Å². The minimum Gasteiger partial charge on any atom is -0.489 e. The van der Waals surface area contributed by atoms with Gasteiger partial charge in [0.15, 0.2) is 0 Å². The molecule has 0 aliphatic rings. The highest BCUT2D eigenvalue weighted by Gasteiger charge is 2.10. The number of hydrogen-bond acceptors (Lipinski definition) is 2. The van der Waals surface area contributed by atoms with Crippen LogP contribution in [-0.2, 0) is 6.61 Å². The van der Waals surface area contributed by atoms with E-state index in [2.05, 4.69) is 0 Å². The second-order valence-electron chi connectivity index (χ2n) is 4.38. The summed E-state index contributed by atoms with van der Waals surface area (Å²) in [5.41, 5.74) is 0.330. The SMILES string of the molecule is C[C@@H](O)c1ccc(OCc2ccc(F)cc2F)cc1F. The van der Waals surface area contributed by atoms with Crippen molar-refractivity contribution in [1.82, 2.24) is 0 Å². The summed E-state index contributed by atoms with van der Waals surface area (Å²) in [5, 5.41) is 9.30. The van der Waals surface area contributed by atoms with Gasteiger partial charge in [0.1, 0.15) is 29.8 Å². The molecule has 0 amide bonds. The lowest BCUT2D eigenvalue weighted by Gasteiger charge is -2.10. The third-order valence-electron chi connectivity index (χ3n) is 2.83. The first kappa shape index (κ1) is 14.4. The van der Waals surface area contributed by atoms with E-state index in [1.165, 1.54) is 25.1 Å². The number of benzene rings is 2. The maximum atomic E-state index is 13.6. The summed E-state index contributed by atoms with van der Waals surface area (Å²) in [4.78, 5) is 0. The Hall–Kier alpha value is -2.01. The van der Waals surface area contributed by atoms with Gasteiger partial charge in [-0.3, -0.25) is 0 Å². The normalized spacial score (nSPS) is 12.2. The first-order chi connectivity index (χ1) is 9.47. The number of aliphatic hydroxyl groups is 1. The Kier molecular flexibility index (Phi) is 4.29. The molecule has 0 saturated heterocycles. The van der Waals surface area contributed by atoms with Crippen LogP contribution in [0.25, 0.3) is 0 Å². The topological polar surface area (TPSA) is 29.5 Å². The third-order valence-corrected chi connectivity index (χ3v) is 2.83. The number of rotatable bonds is 4. The van der Waals surface area contributed by atoms with Gasteiger partial charge < -0.3 is 9.84 Å². The van der Waals surface area contributed by atoms with Gasteiger partial charge in [0.25, 0.3) is 0 Å². The van der Waals surface area contributed by atoms with Crippen LogP contribution in [0.3, 0.4) is 0 Å². The molecular weight excluding hydrogens is 269 g/mol. The molecule has 1 N–H and O–H groups in total. The summed E-state index contributed by atoms with van der Waals surface area (Å²) in [7, 11) is 0. The van der Waals surface area contributed by atoms with Gasteiger partial charge >= 0.3 is 0 Å². The summed E-state index contributed by atoms with van der Waals surface area (Å²) < 4.78 is 44.9. The molecule has 106 valence electrons. The highest BCUT2D eigenvalue weighted by molar-refractivity contribution is 5.30. The maximum Gasteiger partial charge on any atom is 0.132 e. The van der Waals surface area contributed by atoms with Crippen molar-refractivity contribution in [2.45, 2.75) is 19.6 Å². The van der Waals surface area contributed by atoms with Crippen LogP contribution < -0.4 is 4.74 Å². The predicted molar refractivity (Wildman–Crippen MR) is 67.7 cm³/mol. The van der Waals surface area contributed by atoms with E-state index in [-0.39, 0.29) is 23.5 Å². The third kappa shape index (κ3) is 3.30. The molecule has 0 unspecified atom stereocenters. The Morgan fingerprint density at radius 3 is 2.40 bits per heavy atom. The van der Waals surface area contributed by atoms with Crippen LogP contribution in [0.4, 0.5) is 13.2 Å². The molecule has 0 radical (unpaired) electrons. The van der Waals surface area contributed by atoms with Gasteiger partial charge in [-0.1, -0.05) is 0 Å². The lowest BCUT2D eigenvalue weighted by atomic mass is 10.1. The van der Waals surface area contributed by atoms with Crippen molar-refractivity contribution >= 4 is 0 Å². The summed E-state index contributed by atoms with van der Waals surface area (Å²) in [5.74, 6) is -1.78. The smallest absolute Gasteiger partial charge is 0.132 e. The van der Waals surface area contributed by atoms with Crippen molar-refractivity contribution < 1.29 is 23.0 Å². The van der Waals surface area contributed by atoms with Gasteiger partial charge in [0, 0.05) is 23.3 Å². The van der Waals surface area contributed by atoms with Crippen molar-refractivity contribution in [3.05, 3.63) is 65.0 Å². The highest BCUT2D eigenvalue weighted by Crippen LogP contribution is 2.22. The number of halogens is 3. The standard InChI is InChI=1S/C15H13F3O2/c1-9(19)13-5-4-12(7-15(13)18)20-8-10-2-3-11(16)6-14(10)17/h2-7,9,19H,8H2,1H3/t9-/m1/s1. The molecule has 0 saturated carbocycles. The van der Waals surface area contributed by atoms with Crippen LogP contribution in [0.2, 0.25) is 0 Å². The molecule has 20 heavy (non-hydrogen) atoms. The quantitative estimate of drug-likeness (QED) is 0.925. The molecule has 2 nitrogen and oxygen atoms in total. The molecule has 1 atom stereocenters. The largest absolute Gasteiger partial charge is 0.489 e. The Morgan fingerprint density at radius 2 is 1.80 bits per heavy atom. The zero-order valence-corrected chi connectivity index (χ0v) is 10.7. The van der Waals surface area contributed by atoms with Crippen LogP contribution >= 0.6 is 0 Å². The molecule has 0 heterocycles. The van der Waals surface area contributed by atoms with Crippen molar-refractivity contribution in [1.29, 1.82) is 0 Å². The average molecular weight is 282 g/mol. The minimum absolute atomic E-state index is 0.139. The molecule has 2 rings (SSSR count). The van der Waals surface area contributed by atoms with E-state index in [0.29, 0.717) is 0 Å². The number of aliphatic hydroxyl groups excluding tert-OH is 1. The molecule has 5 heteroatoms. The van der Waals surface area contributed by atoms with Gasteiger partial charge in [-0.15, -0.1) is 0 Å². The van der Waals surface area contributed by atoms with E-state index >= 15 is 0 Å². The summed E-state index contributed by atoms with van der Waals surface area (Å²) >= 11 is 0. The Morgan fingerprint density at radius 1 is 1.05 bits per heavy atom. The summed E-state index contributed by atoms with van der Waals surface area (Å²) in [6.45, 7) is 1.31. The van der Waals surface area contributed by atoms with Crippen LogP contribution in [-0.4, -0.2) is 5.11 Å². The molecule has 2 aromatic carbocycles. The second kappa shape index (κ2) is 5.96. The molecule has 0 aromatic heterocycles. The Balaban J connectivity index is 2.09. The molecule has 0 aliphatic carbocycles. The van der Waals surface area contributed by atoms with E-state index < -0.39 is 23.6 Å². The minimum atomic E-state index is -0.918. The van der Waals surface area contributed by atoms with Crippen LogP contribution in [0.5, 0.6) is 5.75 Å². The zero-order chi connectivity index (χ0) is 14.7. The van der Waals surface area contributed by atoms with E-state index in [9.17, 15) is 18.3 Å². The van der Waals surface area contributed by atoms with Gasteiger partial charge in [-0.2, -0.15) is 0 Å². The molecule has 0 fully saturated rings. The fourth-order valence-corrected chi connectivity index (χ4v) is 1.74. The molecule has 0 spiro atoms. The van der Waals surface area contributed by atoms with E-state index in [1.807, 2.05) is 0 Å². The van der Waals surface area contributed by atoms with Crippen molar-refractivity contribution in [2.75, 3.05) is 0 Å². The highest BCUT2D eigenvalue weighted by atomic mass is 19.1. The first-order valence-corrected chi connectivity index (χ1v) is 6.01. The molecule has 0 aliphatic heterocycles. The Labute approximate surface area is 114 Å². The summed E-state index contributed by atoms with van der Waals surface area (Å²) in [6.07, 6.45) is -0.918. The fourth-order valence-electron chi connectivity index (χ4n) is 1.74. The lowest BCUT2D eigenvalue weighted by molar-refractivity contribution is 0.194. The van der Waals surface area contributed by atoms with E-state index in [1.54, 1.807) is 0 Å². The summed E-state index contributed by atoms with van der Waals surface area (Å²) in [6, 6.07) is 7.15. The second-order valence-corrected chi connectivity index (χ2v) is 4.38. The van der Waals surface area contributed by atoms with Gasteiger partial charge in [-0.05, 0) is 31.2 Å². The van der Waals surface area contributed by atoms with Crippen LogP contribution in [0.1, 0.15) is 24.2 Å². The Bertz CT molecular complexity index is 612. The molecular formula is C15H13F3O2. The number of hydrogen-bond donors (Lipinski definition) is 1. The first-order valence-electron chi connectivity index (χ1n) is 6.01. The number of ether oxygens (including phenoxy) is 1. The molecule has 2 aromatic rings.